The van der Waals surface area contributed by atoms with Crippen LogP contribution < -0.4 is 0 Å². The molecule has 3 nitrogen and oxygen atoms in total. The Bertz CT molecular complexity index is 197. The summed E-state index contributed by atoms with van der Waals surface area (Å²) in [4.78, 5) is 0. The minimum atomic E-state index is -0.857. The van der Waals surface area contributed by atoms with Gasteiger partial charge in [0.05, 0.1) is 14.1 Å². The van der Waals surface area contributed by atoms with Gasteiger partial charge in [-0.3, -0.25) is 0 Å². The van der Waals surface area contributed by atoms with Gasteiger partial charge in [0.15, 0.2) is 12.2 Å². The summed E-state index contributed by atoms with van der Waals surface area (Å²) in [5.41, 5.74) is 0. The summed E-state index contributed by atoms with van der Waals surface area (Å²) in [6.45, 7) is 0.756. The van der Waals surface area contributed by atoms with Crippen LogP contribution in [-0.2, 0) is 9.47 Å². The molecule has 2 bridgehead atoms. The van der Waals surface area contributed by atoms with E-state index >= 15 is 0 Å². The molecule has 0 saturated carbocycles. The average molecular weight is 176 g/mol. The van der Waals surface area contributed by atoms with Gasteiger partial charge in [0, 0.05) is 7.11 Å². The summed E-state index contributed by atoms with van der Waals surface area (Å²) in [6, 6.07) is -0.139. The molecule has 1 unspecified atom stereocenters. The molecule has 0 N–H and O–H groups in total. The van der Waals surface area contributed by atoms with Gasteiger partial charge < -0.3 is 14.0 Å². The Morgan fingerprint density at radius 1 is 1.50 bits per heavy atom. The van der Waals surface area contributed by atoms with Crippen LogP contribution in [0.3, 0.4) is 0 Å². The van der Waals surface area contributed by atoms with Crippen LogP contribution in [0.4, 0.5) is 4.39 Å². The van der Waals surface area contributed by atoms with Crippen molar-refractivity contribution in [3.63, 3.8) is 0 Å². The molecule has 2 aliphatic rings. The van der Waals surface area contributed by atoms with E-state index in [9.17, 15) is 4.39 Å². The number of likely N-dealkylation sites (N-methyl/N-ethyl adjacent to an activating group) is 1. The average Bonchev–Trinajstić information content (AvgIpc) is 2.38. The molecule has 0 spiro atoms. The Morgan fingerprint density at radius 3 is 2.50 bits per heavy atom. The van der Waals surface area contributed by atoms with Crippen LogP contribution in [0.15, 0.2) is 0 Å². The highest BCUT2D eigenvalue weighted by molar-refractivity contribution is 4.94. The van der Waals surface area contributed by atoms with Crippen LogP contribution in [0.25, 0.3) is 0 Å². The normalized spacial score (nSPS) is 50.0. The second kappa shape index (κ2) is 2.40. The van der Waals surface area contributed by atoms with Gasteiger partial charge in [-0.1, -0.05) is 0 Å². The molecule has 4 atom stereocenters. The number of likely N-dealkylation sites (tertiary alicyclic amines) is 1. The monoisotopic (exact) mass is 176 g/mol. The summed E-state index contributed by atoms with van der Waals surface area (Å²) in [5.74, 6) is 0. The van der Waals surface area contributed by atoms with Crippen LogP contribution in [0.2, 0.25) is 0 Å². The largest absolute Gasteiger partial charge is 0.351 e. The Hall–Kier alpha value is -0.190. The van der Waals surface area contributed by atoms with E-state index in [2.05, 4.69) is 0 Å². The third-order valence-electron chi connectivity index (χ3n) is 2.96. The van der Waals surface area contributed by atoms with Crippen molar-refractivity contribution >= 4 is 0 Å². The molecule has 2 fully saturated rings. The highest BCUT2D eigenvalue weighted by Gasteiger charge is 2.62. The smallest absolute Gasteiger partial charge is 0.214 e. The Balaban J connectivity index is 2.22. The molecular formula is C8H15FNO2+. The molecule has 0 aromatic rings. The zero-order chi connectivity index (χ0) is 8.93. The minimum absolute atomic E-state index is 0.139. The van der Waals surface area contributed by atoms with Gasteiger partial charge in [-0.25, -0.2) is 4.39 Å². The van der Waals surface area contributed by atoms with Gasteiger partial charge in [0.1, 0.15) is 12.6 Å². The van der Waals surface area contributed by atoms with Gasteiger partial charge >= 0.3 is 0 Å². The molecule has 0 amide bonds. The lowest BCUT2D eigenvalue weighted by Gasteiger charge is -2.36. The van der Waals surface area contributed by atoms with Crippen molar-refractivity contribution in [3.8, 4) is 0 Å². The number of methoxy groups -OCH3 is 1. The number of alkyl halides is 1. The van der Waals surface area contributed by atoms with Crippen LogP contribution in [0.1, 0.15) is 0 Å². The fourth-order valence-corrected chi connectivity index (χ4v) is 2.34. The zero-order valence-electron chi connectivity index (χ0n) is 7.66. The molecule has 2 aliphatic heterocycles. The maximum atomic E-state index is 13.5. The number of hydrogen-bond acceptors (Lipinski definition) is 2. The fraction of sp³-hybridized carbons (Fsp3) is 1.00. The highest BCUT2D eigenvalue weighted by Crippen LogP contribution is 2.38. The summed E-state index contributed by atoms with van der Waals surface area (Å²) >= 11 is 0. The summed E-state index contributed by atoms with van der Waals surface area (Å²) in [5, 5.41) is 0. The summed E-state index contributed by atoms with van der Waals surface area (Å²) < 4.78 is 24.6. The second-order valence-corrected chi connectivity index (χ2v) is 4.17. The van der Waals surface area contributed by atoms with Gasteiger partial charge in [0.25, 0.3) is 0 Å². The predicted octanol–water partition coefficient (Wildman–Crippen LogP) is 0.154. The lowest BCUT2D eigenvalue weighted by atomic mass is 10.2. The number of nitrogens with zero attached hydrogens (tertiary/aromatic N) is 1. The van der Waals surface area contributed by atoms with Crippen molar-refractivity contribution in [2.75, 3.05) is 27.7 Å². The predicted molar refractivity (Wildman–Crippen MR) is 41.3 cm³/mol. The number of hydrogen-bond donors (Lipinski definition) is 0. The quantitative estimate of drug-likeness (QED) is 0.530. The lowest BCUT2D eigenvalue weighted by Crippen LogP contribution is -2.55. The van der Waals surface area contributed by atoms with E-state index in [1.165, 1.54) is 0 Å². The van der Waals surface area contributed by atoms with Crippen LogP contribution in [-0.4, -0.2) is 56.8 Å². The first-order chi connectivity index (χ1) is 5.56. The van der Waals surface area contributed by atoms with Gasteiger partial charge in [0.2, 0.25) is 6.29 Å². The Labute approximate surface area is 71.6 Å². The van der Waals surface area contributed by atoms with Crippen molar-refractivity contribution in [2.45, 2.75) is 24.6 Å². The van der Waals surface area contributed by atoms with Crippen LogP contribution in [0, 0.1) is 0 Å². The topological polar surface area (TPSA) is 18.5 Å². The molecule has 2 heterocycles. The van der Waals surface area contributed by atoms with E-state index in [-0.39, 0.29) is 18.4 Å². The SMILES string of the molecule is CO[C@H]1O[C@@H]2C[N+](C)(C)[C@H]1C2F. The molecule has 0 aromatic carbocycles. The van der Waals surface area contributed by atoms with E-state index in [1.807, 2.05) is 14.1 Å². The zero-order valence-corrected chi connectivity index (χ0v) is 7.66. The number of morpholine rings is 1. The fourth-order valence-electron chi connectivity index (χ4n) is 2.34. The summed E-state index contributed by atoms with van der Waals surface area (Å²) in [6.07, 6.45) is -1.46. The molecule has 2 rings (SSSR count). The summed E-state index contributed by atoms with van der Waals surface area (Å²) in [7, 11) is 5.61. The number of halogens is 1. The van der Waals surface area contributed by atoms with Crippen molar-refractivity contribution in [3.05, 3.63) is 0 Å². The van der Waals surface area contributed by atoms with Gasteiger partial charge in [-0.05, 0) is 0 Å². The molecule has 0 aliphatic carbocycles. The minimum Gasteiger partial charge on any atom is -0.351 e. The number of quaternary nitrogens is 1. The first-order valence-electron chi connectivity index (χ1n) is 4.21. The van der Waals surface area contributed by atoms with E-state index in [1.54, 1.807) is 7.11 Å². The third-order valence-corrected chi connectivity index (χ3v) is 2.96. The Morgan fingerprint density at radius 2 is 2.17 bits per heavy atom. The van der Waals surface area contributed by atoms with Gasteiger partial charge in [-0.2, -0.15) is 0 Å². The molecule has 0 aromatic heterocycles. The third kappa shape index (κ3) is 0.917. The first-order valence-corrected chi connectivity index (χ1v) is 4.21. The lowest BCUT2D eigenvalue weighted by molar-refractivity contribution is -0.917. The molecule has 70 valence electrons. The van der Waals surface area contributed by atoms with Crippen LogP contribution >= 0.6 is 0 Å². The number of fused-ring (bicyclic) bond motifs is 2. The maximum absolute atomic E-state index is 13.5. The highest BCUT2D eigenvalue weighted by atomic mass is 19.1. The first kappa shape index (κ1) is 8.41. The van der Waals surface area contributed by atoms with Crippen LogP contribution in [0.5, 0.6) is 0 Å². The second-order valence-electron chi connectivity index (χ2n) is 4.17. The van der Waals surface area contributed by atoms with Crippen molar-refractivity contribution in [2.24, 2.45) is 0 Å². The van der Waals surface area contributed by atoms with Crippen molar-refractivity contribution in [1.29, 1.82) is 0 Å². The molecule has 4 heteroatoms. The molecule has 12 heavy (non-hydrogen) atoms. The molecule has 0 radical (unpaired) electrons. The van der Waals surface area contributed by atoms with Crippen molar-refractivity contribution < 1.29 is 18.3 Å². The van der Waals surface area contributed by atoms with E-state index in [0.29, 0.717) is 4.48 Å². The Kier molecular flexibility index (Phi) is 1.68. The van der Waals surface area contributed by atoms with E-state index in [0.717, 1.165) is 6.54 Å². The number of ether oxygens (including phenoxy) is 2. The molecule has 2 saturated heterocycles. The number of rotatable bonds is 1. The standard InChI is InChI=1S/C8H15FNO2/c1-10(2)4-5-6(9)7(10)8(11-3)12-5/h5-8H,4H2,1-3H3/q+1/t5-,6?,7+,8+/m1/s1. The molecular weight excluding hydrogens is 161 g/mol. The van der Waals surface area contributed by atoms with E-state index in [4.69, 9.17) is 9.47 Å². The maximum Gasteiger partial charge on any atom is 0.214 e. The van der Waals surface area contributed by atoms with Gasteiger partial charge in [-0.15, -0.1) is 0 Å². The van der Waals surface area contributed by atoms with Crippen molar-refractivity contribution in [1.82, 2.24) is 0 Å². The van der Waals surface area contributed by atoms with E-state index < -0.39 is 6.17 Å².